The molecule has 2 aliphatic heterocycles. The summed E-state index contributed by atoms with van der Waals surface area (Å²) in [5.74, 6) is -1.29. The number of halogens is 3. The smallest absolute Gasteiger partial charge is 0.335 e. The Kier molecular flexibility index (Phi) is 7.17. The third-order valence-electron chi connectivity index (χ3n) is 7.61. The van der Waals surface area contributed by atoms with E-state index in [4.69, 9.17) is 27.9 Å². The van der Waals surface area contributed by atoms with Crippen LogP contribution >= 0.6 is 45.8 Å². The summed E-state index contributed by atoms with van der Waals surface area (Å²) in [6.07, 6.45) is 0.0586. The molecule has 41 heavy (non-hydrogen) atoms. The standard InChI is InChI=1S/C31H21Cl2IN2O5/c32-18-3-1-2-17(12-18)24-15-27(37)36-28(31(24)23-10-6-19(33)13-25(23)35-30(31)40)22-14-20(34)7-11-26(22)41-21-8-4-16(5-9-21)29(38)39/h1-14,24,28H,15H2,(H,35,40)(H,36,37)(H,38,39). The number of hydrogen-bond acceptors (Lipinski definition) is 4. The lowest BCUT2D eigenvalue weighted by atomic mass is 9.59. The first-order chi connectivity index (χ1) is 19.7. The number of rotatable bonds is 5. The molecule has 0 aromatic heterocycles. The van der Waals surface area contributed by atoms with Crippen molar-refractivity contribution in [3.8, 4) is 11.5 Å². The van der Waals surface area contributed by atoms with E-state index in [-0.39, 0.29) is 23.8 Å². The van der Waals surface area contributed by atoms with Crippen LogP contribution in [0.15, 0.2) is 84.9 Å². The molecule has 4 aromatic rings. The van der Waals surface area contributed by atoms with Crippen molar-refractivity contribution in [1.29, 1.82) is 0 Å². The van der Waals surface area contributed by atoms with Gasteiger partial charge in [-0.05, 0) is 100 Å². The number of benzene rings is 4. The van der Waals surface area contributed by atoms with Crippen LogP contribution in [0.2, 0.25) is 10.0 Å². The van der Waals surface area contributed by atoms with Crippen molar-refractivity contribution >= 4 is 69.3 Å². The van der Waals surface area contributed by atoms with E-state index in [1.54, 1.807) is 42.5 Å². The lowest BCUT2D eigenvalue weighted by molar-refractivity contribution is -0.131. The van der Waals surface area contributed by atoms with Crippen molar-refractivity contribution < 1.29 is 24.2 Å². The van der Waals surface area contributed by atoms with Crippen LogP contribution in [-0.4, -0.2) is 22.9 Å². The van der Waals surface area contributed by atoms with E-state index in [9.17, 15) is 19.5 Å². The van der Waals surface area contributed by atoms with Crippen molar-refractivity contribution in [2.24, 2.45) is 0 Å². The highest BCUT2D eigenvalue weighted by molar-refractivity contribution is 14.1. The second-order valence-corrected chi connectivity index (χ2v) is 12.1. The van der Waals surface area contributed by atoms with Crippen LogP contribution in [0, 0.1) is 3.57 Å². The highest BCUT2D eigenvalue weighted by atomic mass is 127. The van der Waals surface area contributed by atoms with E-state index >= 15 is 0 Å². The van der Waals surface area contributed by atoms with Gasteiger partial charge < -0.3 is 20.5 Å². The van der Waals surface area contributed by atoms with Crippen LogP contribution in [0.25, 0.3) is 0 Å². The van der Waals surface area contributed by atoms with E-state index in [1.807, 2.05) is 30.3 Å². The SMILES string of the molecule is O=C1CC(c2cccc(Cl)c2)C2(C(=O)Nc3cc(Cl)ccc32)C(c2cc(I)ccc2Oc2ccc(C(=O)O)cc2)N1. The largest absolute Gasteiger partial charge is 0.478 e. The van der Waals surface area contributed by atoms with Crippen LogP contribution in [-0.2, 0) is 15.0 Å². The number of piperidine rings is 1. The number of ether oxygens (including phenoxy) is 1. The molecule has 2 amide bonds. The zero-order valence-corrected chi connectivity index (χ0v) is 24.8. The van der Waals surface area contributed by atoms with Crippen LogP contribution in [0.5, 0.6) is 11.5 Å². The summed E-state index contributed by atoms with van der Waals surface area (Å²) < 4.78 is 7.14. The molecule has 2 heterocycles. The summed E-state index contributed by atoms with van der Waals surface area (Å²) in [5, 5.41) is 16.4. The molecule has 7 nitrogen and oxygen atoms in total. The zero-order chi connectivity index (χ0) is 28.9. The number of aromatic carboxylic acids is 1. The Morgan fingerprint density at radius 1 is 0.951 bits per heavy atom. The Morgan fingerprint density at radius 2 is 1.71 bits per heavy atom. The molecule has 6 rings (SSSR count). The number of carbonyl (C=O) groups excluding carboxylic acids is 2. The summed E-state index contributed by atoms with van der Waals surface area (Å²) in [6, 6.07) is 23.2. The number of nitrogens with one attached hydrogen (secondary N) is 2. The molecule has 3 atom stereocenters. The molecule has 3 N–H and O–H groups in total. The van der Waals surface area contributed by atoms with Gasteiger partial charge in [-0.15, -0.1) is 0 Å². The monoisotopic (exact) mass is 698 g/mol. The predicted molar refractivity (Wildman–Crippen MR) is 164 cm³/mol. The van der Waals surface area contributed by atoms with E-state index in [2.05, 4.69) is 33.2 Å². The molecule has 1 spiro atoms. The minimum absolute atomic E-state index is 0.0586. The Balaban J connectivity index is 1.56. The van der Waals surface area contributed by atoms with Crippen molar-refractivity contribution in [3.63, 3.8) is 0 Å². The zero-order valence-electron chi connectivity index (χ0n) is 21.2. The fourth-order valence-corrected chi connectivity index (χ4v) is 6.79. The molecule has 3 unspecified atom stereocenters. The summed E-state index contributed by atoms with van der Waals surface area (Å²) in [6.45, 7) is 0. The third-order valence-corrected chi connectivity index (χ3v) is 8.76. The maximum Gasteiger partial charge on any atom is 0.335 e. The molecule has 1 fully saturated rings. The summed E-state index contributed by atoms with van der Waals surface area (Å²) >= 11 is 14.9. The molecule has 4 aromatic carbocycles. The van der Waals surface area contributed by atoms with Gasteiger partial charge >= 0.3 is 5.97 Å². The number of carboxylic acids is 1. The van der Waals surface area contributed by atoms with Crippen LogP contribution in [0.3, 0.4) is 0 Å². The molecule has 0 radical (unpaired) electrons. The third kappa shape index (κ3) is 4.83. The van der Waals surface area contributed by atoms with Crippen LogP contribution in [0.1, 0.15) is 45.4 Å². The van der Waals surface area contributed by atoms with Gasteiger partial charge in [0.05, 0.1) is 11.6 Å². The van der Waals surface area contributed by atoms with Gasteiger partial charge in [0.2, 0.25) is 11.8 Å². The Labute approximate surface area is 259 Å². The summed E-state index contributed by atoms with van der Waals surface area (Å²) in [4.78, 5) is 39.0. The van der Waals surface area contributed by atoms with Gasteiger partial charge in [-0.2, -0.15) is 0 Å². The topological polar surface area (TPSA) is 105 Å². The van der Waals surface area contributed by atoms with Gasteiger partial charge in [0.25, 0.3) is 0 Å². The van der Waals surface area contributed by atoms with Gasteiger partial charge in [0.1, 0.15) is 16.9 Å². The first-order valence-corrected chi connectivity index (χ1v) is 14.5. The second kappa shape index (κ2) is 10.7. The molecule has 1 saturated heterocycles. The minimum Gasteiger partial charge on any atom is -0.478 e. The van der Waals surface area contributed by atoms with Gasteiger partial charge in [0.15, 0.2) is 0 Å². The fourth-order valence-electron chi connectivity index (χ4n) is 5.90. The number of hydrogen-bond donors (Lipinski definition) is 3. The Hall–Kier alpha value is -3.60. The summed E-state index contributed by atoms with van der Waals surface area (Å²) in [5.41, 5.74) is 1.49. The number of amides is 2. The van der Waals surface area contributed by atoms with Crippen LogP contribution in [0.4, 0.5) is 5.69 Å². The van der Waals surface area contributed by atoms with Gasteiger partial charge in [-0.1, -0.05) is 41.4 Å². The highest BCUT2D eigenvalue weighted by Crippen LogP contribution is 2.58. The average molecular weight is 699 g/mol. The van der Waals surface area contributed by atoms with E-state index in [0.29, 0.717) is 38.4 Å². The number of anilines is 1. The lowest BCUT2D eigenvalue weighted by Crippen LogP contribution is -2.56. The predicted octanol–water partition coefficient (Wildman–Crippen LogP) is 7.32. The average Bonchev–Trinajstić information content (AvgIpc) is 3.22. The van der Waals surface area contributed by atoms with Crippen molar-refractivity contribution in [1.82, 2.24) is 5.32 Å². The maximum atomic E-state index is 14.3. The van der Waals surface area contributed by atoms with Crippen molar-refractivity contribution in [3.05, 3.63) is 121 Å². The lowest BCUT2D eigenvalue weighted by Gasteiger charge is -2.46. The molecule has 0 saturated carbocycles. The maximum absolute atomic E-state index is 14.3. The molecular weight excluding hydrogens is 678 g/mol. The van der Waals surface area contributed by atoms with Gasteiger partial charge in [-0.25, -0.2) is 4.79 Å². The fraction of sp³-hybridized carbons (Fsp3) is 0.129. The molecule has 2 aliphatic rings. The first-order valence-electron chi connectivity index (χ1n) is 12.6. The minimum atomic E-state index is -1.27. The molecular formula is C31H21Cl2IN2O5. The first kappa shape index (κ1) is 27.6. The van der Waals surface area contributed by atoms with Gasteiger partial charge in [-0.3, -0.25) is 9.59 Å². The van der Waals surface area contributed by atoms with Crippen molar-refractivity contribution in [2.75, 3.05) is 5.32 Å². The van der Waals surface area contributed by atoms with Crippen molar-refractivity contribution in [2.45, 2.75) is 23.8 Å². The number of fused-ring (bicyclic) bond motifs is 2. The quantitative estimate of drug-likeness (QED) is 0.190. The van der Waals surface area contributed by atoms with E-state index in [1.165, 1.54) is 12.1 Å². The molecule has 10 heteroatoms. The van der Waals surface area contributed by atoms with E-state index < -0.39 is 23.3 Å². The molecule has 0 aliphatic carbocycles. The van der Waals surface area contributed by atoms with Crippen LogP contribution < -0.4 is 15.4 Å². The van der Waals surface area contributed by atoms with E-state index in [0.717, 1.165) is 9.13 Å². The summed E-state index contributed by atoms with van der Waals surface area (Å²) in [7, 11) is 0. The normalized spacial score (nSPS) is 21.2. The second-order valence-electron chi connectivity index (χ2n) is 9.94. The van der Waals surface area contributed by atoms with Gasteiger partial charge in [0, 0.05) is 37.2 Å². The highest BCUT2D eigenvalue weighted by Gasteiger charge is 2.61. The number of carbonyl (C=O) groups is 3. The molecule has 206 valence electrons. The Bertz CT molecular complexity index is 1730. The molecule has 0 bridgehead atoms. The Morgan fingerprint density at radius 3 is 2.44 bits per heavy atom. The number of carboxylic acid groups (broad SMARTS) is 1.